The molecule has 0 bridgehead atoms. The first-order valence-corrected chi connectivity index (χ1v) is 6.26. The minimum atomic E-state index is -0.0180. The molecule has 0 radical (unpaired) electrons. The van der Waals surface area contributed by atoms with Crippen molar-refractivity contribution in [3.05, 3.63) is 35.1 Å². The maximum Gasteiger partial charge on any atom is 0.101 e. The van der Waals surface area contributed by atoms with Gasteiger partial charge in [-0.25, -0.2) is 0 Å². The summed E-state index contributed by atoms with van der Waals surface area (Å²) < 4.78 is 0. The number of pyridine rings is 1. The van der Waals surface area contributed by atoms with Crippen molar-refractivity contribution in [3.63, 3.8) is 0 Å². The number of nitrogens with zero attached hydrogens (tertiary/aromatic N) is 2. The van der Waals surface area contributed by atoms with Gasteiger partial charge in [-0.15, -0.1) is 0 Å². The van der Waals surface area contributed by atoms with Crippen LogP contribution in [0.4, 0.5) is 0 Å². The first kappa shape index (κ1) is 12.1. The topological polar surface area (TPSA) is 36.7 Å². The van der Waals surface area contributed by atoms with E-state index >= 15 is 0 Å². The van der Waals surface area contributed by atoms with Crippen molar-refractivity contribution in [1.29, 1.82) is 5.26 Å². The van der Waals surface area contributed by atoms with E-state index in [1.807, 2.05) is 12.1 Å². The molecule has 3 heteroatoms. The molecule has 1 aliphatic rings. The monoisotopic (exact) mass is 246 g/mol. The molecule has 2 nitrogen and oxygen atoms in total. The highest BCUT2D eigenvalue weighted by atomic mass is 35.5. The highest BCUT2D eigenvalue weighted by Gasteiger charge is 2.34. The number of hydrogen-bond donors (Lipinski definition) is 0. The molecular weight excluding hydrogens is 232 g/mol. The predicted octanol–water partition coefficient (Wildman–Crippen LogP) is 4.14. The second-order valence-corrected chi connectivity index (χ2v) is 5.18. The summed E-state index contributed by atoms with van der Waals surface area (Å²) in [5, 5.41) is 10.0. The van der Waals surface area contributed by atoms with Crippen molar-refractivity contribution in [3.8, 4) is 6.07 Å². The highest BCUT2D eigenvalue weighted by molar-refractivity contribution is 6.34. The van der Waals surface area contributed by atoms with Gasteiger partial charge in [0.25, 0.3) is 0 Å². The Kier molecular flexibility index (Phi) is 3.49. The normalized spacial score (nSPS) is 19.6. The van der Waals surface area contributed by atoms with Crippen LogP contribution in [-0.2, 0) is 0 Å². The molecule has 0 unspecified atom stereocenters. The number of rotatable bonds is 2. The van der Waals surface area contributed by atoms with Crippen LogP contribution in [-0.4, -0.2) is 4.98 Å². The first-order chi connectivity index (χ1) is 8.17. The summed E-state index contributed by atoms with van der Waals surface area (Å²) in [7, 11) is 0. The smallest absolute Gasteiger partial charge is 0.101 e. The largest absolute Gasteiger partial charge is 0.265 e. The van der Waals surface area contributed by atoms with Gasteiger partial charge in [0.1, 0.15) is 6.07 Å². The van der Waals surface area contributed by atoms with E-state index in [1.165, 1.54) is 12.8 Å². The zero-order chi connectivity index (χ0) is 12.3. The molecule has 0 saturated heterocycles. The zero-order valence-electron chi connectivity index (χ0n) is 9.91. The number of hydrogen-bond acceptors (Lipinski definition) is 2. The molecule has 1 aromatic heterocycles. The van der Waals surface area contributed by atoms with E-state index in [0.717, 1.165) is 18.4 Å². The van der Waals surface area contributed by atoms with Crippen LogP contribution in [0.15, 0.2) is 29.6 Å². The molecule has 1 aromatic rings. The van der Waals surface area contributed by atoms with Crippen LogP contribution in [0.1, 0.15) is 38.2 Å². The molecule has 1 fully saturated rings. The number of nitriles is 1. The Labute approximate surface area is 107 Å². The van der Waals surface area contributed by atoms with Crippen LogP contribution in [0.5, 0.6) is 0 Å². The number of halogens is 1. The van der Waals surface area contributed by atoms with Crippen molar-refractivity contribution in [2.75, 3.05) is 0 Å². The van der Waals surface area contributed by atoms with Crippen molar-refractivity contribution in [1.82, 2.24) is 4.98 Å². The average Bonchev–Trinajstić information content (AvgIpc) is 2.80. The average molecular weight is 247 g/mol. The second kappa shape index (κ2) is 4.89. The lowest BCUT2D eigenvalue weighted by molar-refractivity contribution is 0.437. The zero-order valence-corrected chi connectivity index (χ0v) is 10.7. The summed E-state index contributed by atoms with van der Waals surface area (Å²) in [6, 6.07) is 5.91. The van der Waals surface area contributed by atoms with E-state index in [4.69, 9.17) is 11.6 Å². The fourth-order valence-electron chi connectivity index (χ4n) is 2.44. The molecule has 2 rings (SSSR count). The number of allylic oxidation sites excluding steroid dienone is 2. The van der Waals surface area contributed by atoms with Gasteiger partial charge in [0, 0.05) is 22.8 Å². The Bertz CT molecular complexity index is 465. The van der Waals surface area contributed by atoms with E-state index in [0.29, 0.717) is 10.6 Å². The Morgan fingerprint density at radius 2 is 1.94 bits per heavy atom. The summed E-state index contributed by atoms with van der Waals surface area (Å²) in [5.41, 5.74) is 1.44. The third-order valence-electron chi connectivity index (χ3n) is 3.54. The minimum Gasteiger partial charge on any atom is -0.265 e. The molecule has 17 heavy (non-hydrogen) atoms. The Balaban J connectivity index is 2.44. The van der Waals surface area contributed by atoms with Crippen LogP contribution in [0.2, 0.25) is 0 Å². The Hall–Kier alpha value is -1.33. The maximum atomic E-state index is 9.31. The summed E-state index contributed by atoms with van der Waals surface area (Å²) in [6.07, 6.45) is 7.91. The van der Waals surface area contributed by atoms with Crippen LogP contribution < -0.4 is 0 Å². The van der Waals surface area contributed by atoms with E-state index < -0.39 is 0 Å². The van der Waals surface area contributed by atoms with Gasteiger partial charge in [-0.2, -0.15) is 5.26 Å². The number of aromatic nitrogens is 1. The summed E-state index contributed by atoms with van der Waals surface area (Å²) in [5.74, 6) is 0. The highest BCUT2D eigenvalue weighted by Crippen LogP contribution is 2.47. The van der Waals surface area contributed by atoms with Gasteiger partial charge in [0.05, 0.1) is 5.57 Å². The molecule has 0 N–H and O–H groups in total. The van der Waals surface area contributed by atoms with Gasteiger partial charge in [0.2, 0.25) is 0 Å². The summed E-state index contributed by atoms with van der Waals surface area (Å²) in [4.78, 5) is 3.96. The Morgan fingerprint density at radius 1 is 1.35 bits per heavy atom. The van der Waals surface area contributed by atoms with E-state index in [2.05, 4.69) is 18.0 Å². The molecule has 0 atom stereocenters. The molecular formula is C14H15ClN2. The van der Waals surface area contributed by atoms with Crippen molar-refractivity contribution in [2.45, 2.75) is 32.6 Å². The van der Waals surface area contributed by atoms with E-state index in [1.54, 1.807) is 12.4 Å². The molecule has 1 heterocycles. The fourth-order valence-corrected chi connectivity index (χ4v) is 2.78. The molecule has 0 aromatic carbocycles. The second-order valence-electron chi connectivity index (χ2n) is 4.80. The predicted molar refractivity (Wildman–Crippen MR) is 69.2 cm³/mol. The van der Waals surface area contributed by atoms with Crippen LogP contribution in [0.3, 0.4) is 0 Å². The third-order valence-corrected chi connectivity index (χ3v) is 4.18. The van der Waals surface area contributed by atoms with Gasteiger partial charge < -0.3 is 0 Å². The van der Waals surface area contributed by atoms with Gasteiger partial charge in [-0.1, -0.05) is 31.4 Å². The molecule has 0 spiro atoms. The van der Waals surface area contributed by atoms with Crippen LogP contribution in [0.25, 0.3) is 5.57 Å². The van der Waals surface area contributed by atoms with Crippen LogP contribution >= 0.6 is 11.6 Å². The van der Waals surface area contributed by atoms with Crippen LogP contribution in [0, 0.1) is 16.7 Å². The van der Waals surface area contributed by atoms with Gasteiger partial charge in [-0.05, 0) is 30.5 Å². The van der Waals surface area contributed by atoms with E-state index in [9.17, 15) is 5.26 Å². The van der Waals surface area contributed by atoms with Gasteiger partial charge >= 0.3 is 0 Å². The molecule has 1 aliphatic carbocycles. The quantitative estimate of drug-likeness (QED) is 0.736. The Morgan fingerprint density at radius 3 is 2.47 bits per heavy atom. The first-order valence-electron chi connectivity index (χ1n) is 5.88. The molecule has 88 valence electrons. The van der Waals surface area contributed by atoms with Crippen molar-refractivity contribution in [2.24, 2.45) is 5.41 Å². The van der Waals surface area contributed by atoms with Crippen molar-refractivity contribution < 1.29 is 0 Å². The molecule has 1 saturated carbocycles. The minimum absolute atomic E-state index is 0.0180. The molecule has 0 amide bonds. The summed E-state index contributed by atoms with van der Waals surface area (Å²) in [6.45, 7) is 2.15. The van der Waals surface area contributed by atoms with E-state index in [-0.39, 0.29) is 5.41 Å². The lowest BCUT2D eigenvalue weighted by Crippen LogP contribution is -2.12. The van der Waals surface area contributed by atoms with Gasteiger partial charge in [-0.3, -0.25) is 4.98 Å². The SMILES string of the molecule is CC1(/C(Cl)=C(/C#N)c2ccncc2)CCCC1. The lowest BCUT2D eigenvalue weighted by atomic mass is 9.85. The standard InChI is InChI=1S/C14H15ClN2/c1-14(6-2-3-7-14)13(15)12(10-16)11-4-8-17-9-5-11/h4-5,8-9H,2-3,6-7H2,1H3/b13-12+. The fraction of sp³-hybridized carbons (Fsp3) is 0.429. The maximum absolute atomic E-state index is 9.31. The molecule has 0 aliphatic heterocycles. The third kappa shape index (κ3) is 2.35. The lowest BCUT2D eigenvalue weighted by Gasteiger charge is -2.24. The van der Waals surface area contributed by atoms with Gasteiger partial charge in [0.15, 0.2) is 0 Å². The summed E-state index contributed by atoms with van der Waals surface area (Å²) >= 11 is 6.47. The van der Waals surface area contributed by atoms with Crippen molar-refractivity contribution >= 4 is 17.2 Å².